The highest BCUT2D eigenvalue weighted by Gasteiger charge is 2.11. The summed E-state index contributed by atoms with van der Waals surface area (Å²) in [7, 11) is 0. The molecule has 0 fully saturated rings. The van der Waals surface area contributed by atoms with Gasteiger partial charge in [0, 0.05) is 6.54 Å². The van der Waals surface area contributed by atoms with Crippen LogP contribution in [0, 0.1) is 0 Å². The number of benzene rings is 2. The standard InChI is InChI=1S/C16H15NO4/c1-2-7-21-16(20)17-10-11-8-12-5-3-4-6-13(12)14(9-11)15(18)19/h2-6,8-9H,1,7,10H2,(H,17,20)(H,18,19). The van der Waals surface area contributed by atoms with Crippen LogP contribution < -0.4 is 5.32 Å². The summed E-state index contributed by atoms with van der Waals surface area (Å²) in [6.45, 7) is 3.77. The first-order chi connectivity index (χ1) is 10.1. The molecule has 0 aliphatic rings. The molecule has 5 nitrogen and oxygen atoms in total. The Morgan fingerprint density at radius 1 is 1.29 bits per heavy atom. The van der Waals surface area contributed by atoms with Gasteiger partial charge in [-0.1, -0.05) is 36.9 Å². The fraction of sp³-hybridized carbons (Fsp3) is 0.125. The van der Waals surface area contributed by atoms with Crippen molar-refractivity contribution in [1.82, 2.24) is 5.32 Å². The number of alkyl carbamates (subject to hydrolysis) is 1. The van der Waals surface area contributed by atoms with E-state index in [4.69, 9.17) is 4.74 Å². The van der Waals surface area contributed by atoms with E-state index in [2.05, 4.69) is 11.9 Å². The SMILES string of the molecule is C=CCOC(=O)NCc1cc(C(=O)O)c2ccccc2c1. The molecule has 2 rings (SSSR count). The van der Waals surface area contributed by atoms with Gasteiger partial charge in [-0.25, -0.2) is 9.59 Å². The van der Waals surface area contributed by atoms with Crippen molar-refractivity contribution in [2.45, 2.75) is 6.54 Å². The number of carboxylic acid groups (broad SMARTS) is 1. The summed E-state index contributed by atoms with van der Waals surface area (Å²) in [6.07, 6.45) is 0.901. The first kappa shape index (κ1) is 14.6. The van der Waals surface area contributed by atoms with Crippen molar-refractivity contribution >= 4 is 22.8 Å². The lowest BCUT2D eigenvalue weighted by Gasteiger charge is -2.09. The van der Waals surface area contributed by atoms with Gasteiger partial charge >= 0.3 is 12.1 Å². The second-order valence-electron chi connectivity index (χ2n) is 4.41. The number of fused-ring (bicyclic) bond motifs is 1. The van der Waals surface area contributed by atoms with E-state index in [0.717, 1.165) is 5.39 Å². The maximum atomic E-state index is 11.4. The van der Waals surface area contributed by atoms with E-state index in [-0.39, 0.29) is 18.7 Å². The fourth-order valence-electron chi connectivity index (χ4n) is 2.01. The molecule has 0 radical (unpaired) electrons. The summed E-state index contributed by atoms with van der Waals surface area (Å²) >= 11 is 0. The zero-order valence-corrected chi connectivity index (χ0v) is 11.3. The third-order valence-corrected chi connectivity index (χ3v) is 2.92. The quantitative estimate of drug-likeness (QED) is 0.828. The zero-order chi connectivity index (χ0) is 15.2. The van der Waals surface area contributed by atoms with E-state index in [1.807, 2.05) is 18.2 Å². The number of carbonyl (C=O) groups is 2. The Balaban J connectivity index is 2.22. The minimum absolute atomic E-state index is 0.129. The zero-order valence-electron chi connectivity index (χ0n) is 11.3. The third-order valence-electron chi connectivity index (χ3n) is 2.92. The van der Waals surface area contributed by atoms with Crippen LogP contribution in [0.3, 0.4) is 0 Å². The molecule has 0 atom stereocenters. The number of rotatable bonds is 5. The van der Waals surface area contributed by atoms with Gasteiger partial charge < -0.3 is 15.2 Å². The normalized spacial score (nSPS) is 10.1. The second kappa shape index (κ2) is 6.56. The topological polar surface area (TPSA) is 75.6 Å². The van der Waals surface area contributed by atoms with Crippen molar-refractivity contribution in [2.24, 2.45) is 0 Å². The lowest BCUT2D eigenvalue weighted by atomic mass is 10.0. The Morgan fingerprint density at radius 3 is 2.76 bits per heavy atom. The van der Waals surface area contributed by atoms with Crippen LogP contribution in [-0.2, 0) is 11.3 Å². The lowest BCUT2D eigenvalue weighted by Crippen LogP contribution is -2.23. The molecule has 0 spiro atoms. The van der Waals surface area contributed by atoms with Crippen LogP contribution in [0.2, 0.25) is 0 Å². The number of nitrogens with one attached hydrogen (secondary N) is 1. The Labute approximate surface area is 121 Å². The van der Waals surface area contributed by atoms with Gasteiger partial charge in [0.05, 0.1) is 5.56 Å². The fourth-order valence-corrected chi connectivity index (χ4v) is 2.01. The number of hydrogen-bond donors (Lipinski definition) is 2. The Bertz CT molecular complexity index is 694. The molecular weight excluding hydrogens is 270 g/mol. The molecule has 108 valence electrons. The van der Waals surface area contributed by atoms with Gasteiger partial charge in [-0.15, -0.1) is 0 Å². The maximum Gasteiger partial charge on any atom is 0.407 e. The summed E-state index contributed by atoms with van der Waals surface area (Å²) < 4.78 is 4.79. The molecule has 2 aromatic carbocycles. The van der Waals surface area contributed by atoms with Crippen molar-refractivity contribution in [3.05, 3.63) is 60.2 Å². The molecule has 1 amide bonds. The largest absolute Gasteiger partial charge is 0.478 e. The van der Waals surface area contributed by atoms with Crippen LogP contribution in [0.1, 0.15) is 15.9 Å². The molecule has 0 aromatic heterocycles. The van der Waals surface area contributed by atoms with Crippen LogP contribution in [0.4, 0.5) is 4.79 Å². The summed E-state index contributed by atoms with van der Waals surface area (Å²) in [4.78, 5) is 22.7. The van der Waals surface area contributed by atoms with Crippen molar-refractivity contribution in [2.75, 3.05) is 6.61 Å². The van der Waals surface area contributed by atoms with Crippen LogP contribution in [0.25, 0.3) is 10.8 Å². The highest BCUT2D eigenvalue weighted by atomic mass is 16.5. The number of hydrogen-bond acceptors (Lipinski definition) is 3. The van der Waals surface area contributed by atoms with Gasteiger partial charge in [0.2, 0.25) is 0 Å². The number of carbonyl (C=O) groups excluding carboxylic acids is 1. The number of ether oxygens (including phenoxy) is 1. The Kier molecular flexibility index (Phi) is 4.56. The first-order valence-electron chi connectivity index (χ1n) is 6.38. The molecule has 2 aromatic rings. The summed E-state index contributed by atoms with van der Waals surface area (Å²) in [5.74, 6) is -0.998. The molecule has 0 saturated heterocycles. The molecule has 0 aliphatic heterocycles. The lowest BCUT2D eigenvalue weighted by molar-refractivity contribution is 0.0699. The maximum absolute atomic E-state index is 11.4. The van der Waals surface area contributed by atoms with Crippen molar-refractivity contribution in [3.63, 3.8) is 0 Å². The number of carboxylic acids is 1. The van der Waals surface area contributed by atoms with Crippen molar-refractivity contribution in [3.8, 4) is 0 Å². The monoisotopic (exact) mass is 285 g/mol. The number of aromatic carboxylic acids is 1. The van der Waals surface area contributed by atoms with E-state index in [0.29, 0.717) is 10.9 Å². The average molecular weight is 285 g/mol. The molecular formula is C16H15NO4. The highest BCUT2D eigenvalue weighted by molar-refractivity contribution is 6.04. The predicted octanol–water partition coefficient (Wildman–Crippen LogP) is 2.95. The molecule has 0 aliphatic carbocycles. The van der Waals surface area contributed by atoms with Crippen LogP contribution in [0.5, 0.6) is 0 Å². The van der Waals surface area contributed by atoms with E-state index in [1.165, 1.54) is 6.08 Å². The van der Waals surface area contributed by atoms with Gasteiger partial charge in [0.15, 0.2) is 0 Å². The number of amides is 1. The van der Waals surface area contributed by atoms with E-state index in [9.17, 15) is 14.7 Å². The summed E-state index contributed by atoms with van der Waals surface area (Å²) in [5, 5.41) is 13.3. The van der Waals surface area contributed by atoms with Crippen LogP contribution >= 0.6 is 0 Å². The summed E-state index contributed by atoms with van der Waals surface area (Å²) in [6, 6.07) is 10.6. The molecule has 5 heteroatoms. The first-order valence-corrected chi connectivity index (χ1v) is 6.38. The highest BCUT2D eigenvalue weighted by Crippen LogP contribution is 2.21. The Morgan fingerprint density at radius 2 is 2.05 bits per heavy atom. The van der Waals surface area contributed by atoms with Gasteiger partial charge in [-0.2, -0.15) is 0 Å². The van der Waals surface area contributed by atoms with Gasteiger partial charge in [-0.3, -0.25) is 0 Å². The smallest absolute Gasteiger partial charge is 0.407 e. The van der Waals surface area contributed by atoms with Gasteiger partial charge in [0.25, 0.3) is 0 Å². The second-order valence-corrected chi connectivity index (χ2v) is 4.41. The van der Waals surface area contributed by atoms with E-state index < -0.39 is 12.1 Å². The van der Waals surface area contributed by atoms with Crippen molar-refractivity contribution < 1.29 is 19.4 Å². The van der Waals surface area contributed by atoms with Crippen molar-refractivity contribution in [1.29, 1.82) is 0 Å². The molecule has 2 N–H and O–H groups in total. The Hall–Kier alpha value is -2.82. The van der Waals surface area contributed by atoms with E-state index >= 15 is 0 Å². The average Bonchev–Trinajstić information content (AvgIpc) is 2.49. The minimum atomic E-state index is -0.998. The molecule has 0 saturated carbocycles. The summed E-state index contributed by atoms with van der Waals surface area (Å²) in [5.41, 5.74) is 0.908. The van der Waals surface area contributed by atoms with Crippen LogP contribution in [0.15, 0.2) is 49.1 Å². The van der Waals surface area contributed by atoms with Gasteiger partial charge in [0.1, 0.15) is 6.61 Å². The van der Waals surface area contributed by atoms with E-state index in [1.54, 1.807) is 18.2 Å². The predicted molar refractivity (Wildman–Crippen MR) is 79.3 cm³/mol. The molecule has 0 bridgehead atoms. The third kappa shape index (κ3) is 3.60. The van der Waals surface area contributed by atoms with Gasteiger partial charge in [-0.05, 0) is 28.5 Å². The molecule has 0 unspecified atom stereocenters. The minimum Gasteiger partial charge on any atom is -0.478 e. The molecule has 21 heavy (non-hydrogen) atoms. The van der Waals surface area contributed by atoms with Crippen LogP contribution in [-0.4, -0.2) is 23.8 Å². The molecule has 0 heterocycles.